The summed E-state index contributed by atoms with van der Waals surface area (Å²) in [4.78, 5) is 24.3. The fraction of sp³-hybridized carbons (Fsp3) is 0.400. The Labute approximate surface area is 110 Å². The highest BCUT2D eigenvalue weighted by Crippen LogP contribution is 2.23. The maximum Gasteiger partial charge on any atom is 0.338 e. The van der Waals surface area contributed by atoms with Crippen LogP contribution in [0.2, 0.25) is 0 Å². The van der Waals surface area contributed by atoms with Crippen LogP contribution in [-0.4, -0.2) is 50.8 Å². The van der Waals surface area contributed by atoms with Crippen molar-refractivity contribution in [3.8, 4) is 0 Å². The van der Waals surface area contributed by atoms with Crippen molar-refractivity contribution in [3.05, 3.63) is 17.0 Å². The first-order chi connectivity index (χ1) is 8.58. The second-order valence-electron chi connectivity index (χ2n) is 3.73. The number of thiophene rings is 1. The Hall–Kier alpha value is -1.41. The molecule has 1 aliphatic rings. The van der Waals surface area contributed by atoms with Crippen LogP contribution >= 0.6 is 11.3 Å². The van der Waals surface area contributed by atoms with Crippen molar-refractivity contribution in [2.24, 2.45) is 0 Å². The van der Waals surface area contributed by atoms with E-state index in [1.165, 1.54) is 17.4 Å². The van der Waals surface area contributed by atoms with E-state index in [0.717, 1.165) is 0 Å². The van der Waals surface area contributed by atoms with Crippen molar-refractivity contribution in [3.63, 3.8) is 0 Å². The van der Waals surface area contributed by atoms with Gasteiger partial charge in [0.2, 0.25) is 0 Å². The summed E-state index contributed by atoms with van der Waals surface area (Å²) in [6.45, 7) is 0.873. The molecule has 1 aliphatic heterocycles. The molecule has 98 valence electrons. The third kappa shape index (κ3) is 2.88. The lowest BCUT2D eigenvalue weighted by molar-refractivity contribution is 0.0698. The number of carboxylic acid groups (broad SMARTS) is 1. The van der Waals surface area contributed by atoms with Crippen molar-refractivity contribution in [2.75, 3.05) is 29.9 Å². The molecule has 0 aromatic carbocycles. The van der Waals surface area contributed by atoms with Crippen LogP contribution in [0.4, 0.5) is 9.80 Å². The van der Waals surface area contributed by atoms with Crippen molar-refractivity contribution in [2.45, 2.75) is 0 Å². The summed E-state index contributed by atoms with van der Waals surface area (Å²) in [5.74, 6) is -0.112. The Kier molecular flexibility index (Phi) is 3.97. The van der Waals surface area contributed by atoms with Crippen LogP contribution in [-0.2, 0) is 10.8 Å². The van der Waals surface area contributed by atoms with E-state index in [-0.39, 0.29) is 11.6 Å². The zero-order valence-electron chi connectivity index (χ0n) is 9.42. The van der Waals surface area contributed by atoms with Gasteiger partial charge in [0.05, 0.1) is 5.56 Å². The SMILES string of the molecule is O=C(O)c1ccsc1NC(=O)N1CCS(=O)CC1. The summed E-state index contributed by atoms with van der Waals surface area (Å²) in [6.07, 6.45) is 0. The molecular formula is C10H12N2O4S2. The van der Waals surface area contributed by atoms with Gasteiger partial charge in [0.1, 0.15) is 5.00 Å². The molecule has 0 aliphatic carbocycles. The molecule has 2 heterocycles. The second kappa shape index (κ2) is 5.49. The maximum atomic E-state index is 11.9. The van der Waals surface area contributed by atoms with Crippen molar-refractivity contribution in [1.29, 1.82) is 0 Å². The molecule has 0 saturated carbocycles. The Balaban J connectivity index is 2.00. The van der Waals surface area contributed by atoms with E-state index in [1.54, 1.807) is 10.3 Å². The van der Waals surface area contributed by atoms with Gasteiger partial charge in [-0.3, -0.25) is 9.53 Å². The Bertz CT molecular complexity index is 490. The molecule has 8 heteroatoms. The highest BCUT2D eigenvalue weighted by molar-refractivity contribution is 7.85. The topological polar surface area (TPSA) is 86.7 Å². The number of urea groups is 1. The summed E-state index contributed by atoms with van der Waals surface area (Å²) in [7, 11) is -0.841. The molecule has 18 heavy (non-hydrogen) atoms. The minimum atomic E-state index is -1.06. The first-order valence-corrected chi connectivity index (χ1v) is 7.66. The largest absolute Gasteiger partial charge is 0.478 e. The molecule has 1 saturated heterocycles. The minimum absolute atomic E-state index is 0.0916. The summed E-state index contributed by atoms with van der Waals surface area (Å²) < 4.78 is 11.2. The maximum absolute atomic E-state index is 11.9. The van der Waals surface area contributed by atoms with Crippen molar-refractivity contribution in [1.82, 2.24) is 4.90 Å². The third-order valence-electron chi connectivity index (χ3n) is 2.58. The Morgan fingerprint density at radius 2 is 2.06 bits per heavy atom. The summed E-state index contributed by atoms with van der Waals surface area (Å²) >= 11 is 1.17. The van der Waals surface area contributed by atoms with Crippen LogP contribution in [0, 0.1) is 0 Å². The molecule has 1 aromatic rings. The molecule has 2 rings (SSSR count). The predicted molar refractivity (Wildman–Crippen MR) is 69.7 cm³/mol. The molecule has 2 amide bonds. The summed E-state index contributed by atoms with van der Waals surface area (Å²) in [5, 5.41) is 13.4. The van der Waals surface area contributed by atoms with Crippen LogP contribution in [0.3, 0.4) is 0 Å². The van der Waals surface area contributed by atoms with E-state index in [4.69, 9.17) is 5.11 Å². The molecule has 0 unspecified atom stereocenters. The van der Waals surface area contributed by atoms with Gasteiger partial charge in [0, 0.05) is 35.4 Å². The number of nitrogens with one attached hydrogen (secondary N) is 1. The van der Waals surface area contributed by atoms with E-state index in [9.17, 15) is 13.8 Å². The molecule has 0 atom stereocenters. The van der Waals surface area contributed by atoms with Gasteiger partial charge >= 0.3 is 12.0 Å². The molecule has 2 N–H and O–H groups in total. The quantitative estimate of drug-likeness (QED) is 0.851. The van der Waals surface area contributed by atoms with E-state index in [1.807, 2.05) is 0 Å². The zero-order chi connectivity index (χ0) is 13.1. The van der Waals surface area contributed by atoms with Gasteiger partial charge in [0.25, 0.3) is 0 Å². The van der Waals surface area contributed by atoms with Gasteiger partial charge in [-0.05, 0) is 11.4 Å². The van der Waals surface area contributed by atoms with Gasteiger partial charge in [-0.2, -0.15) is 0 Å². The number of carbonyl (C=O) groups excluding carboxylic acids is 1. The molecule has 1 aromatic heterocycles. The normalized spacial score (nSPS) is 16.6. The average Bonchev–Trinajstić information content (AvgIpc) is 2.78. The predicted octanol–water partition coefficient (Wildman–Crippen LogP) is 1.04. The number of anilines is 1. The van der Waals surface area contributed by atoms with Crippen LogP contribution in [0.1, 0.15) is 10.4 Å². The van der Waals surface area contributed by atoms with E-state index in [0.29, 0.717) is 29.6 Å². The third-order valence-corrected chi connectivity index (χ3v) is 4.69. The number of carbonyl (C=O) groups is 2. The van der Waals surface area contributed by atoms with Crippen molar-refractivity contribution < 1.29 is 18.9 Å². The Morgan fingerprint density at radius 1 is 1.39 bits per heavy atom. The molecule has 0 spiro atoms. The molecule has 0 radical (unpaired) electrons. The standard InChI is InChI=1S/C10H12N2O4S2/c13-9(14)7-1-4-17-8(7)11-10(15)12-2-5-18(16)6-3-12/h1,4H,2-3,5-6H2,(H,11,15)(H,13,14). The zero-order valence-corrected chi connectivity index (χ0v) is 11.1. The van der Waals surface area contributed by atoms with Gasteiger partial charge < -0.3 is 10.0 Å². The fourth-order valence-corrected chi connectivity index (χ4v) is 3.41. The van der Waals surface area contributed by atoms with E-state index in [2.05, 4.69) is 5.32 Å². The number of amides is 2. The van der Waals surface area contributed by atoms with Crippen LogP contribution in [0.15, 0.2) is 11.4 Å². The first-order valence-electron chi connectivity index (χ1n) is 5.29. The highest BCUT2D eigenvalue weighted by atomic mass is 32.2. The molecule has 0 bridgehead atoms. The van der Waals surface area contributed by atoms with Gasteiger partial charge in [-0.15, -0.1) is 11.3 Å². The number of hydrogen-bond acceptors (Lipinski definition) is 4. The smallest absolute Gasteiger partial charge is 0.338 e. The lowest BCUT2D eigenvalue weighted by Crippen LogP contribution is -2.44. The average molecular weight is 288 g/mol. The lowest BCUT2D eigenvalue weighted by Gasteiger charge is -2.26. The first kappa shape index (κ1) is 13.0. The van der Waals surface area contributed by atoms with Gasteiger partial charge in [-0.1, -0.05) is 0 Å². The van der Waals surface area contributed by atoms with Gasteiger partial charge in [0.15, 0.2) is 0 Å². The van der Waals surface area contributed by atoms with E-state index >= 15 is 0 Å². The minimum Gasteiger partial charge on any atom is -0.478 e. The number of carboxylic acids is 1. The fourth-order valence-electron chi connectivity index (χ4n) is 1.59. The summed E-state index contributed by atoms with van der Waals surface area (Å²) in [5.41, 5.74) is 0.0916. The molecular weight excluding hydrogens is 276 g/mol. The highest BCUT2D eigenvalue weighted by Gasteiger charge is 2.22. The van der Waals surface area contributed by atoms with Gasteiger partial charge in [-0.25, -0.2) is 9.59 Å². The Morgan fingerprint density at radius 3 is 2.67 bits per heavy atom. The second-order valence-corrected chi connectivity index (χ2v) is 6.35. The number of rotatable bonds is 2. The lowest BCUT2D eigenvalue weighted by atomic mass is 10.3. The monoisotopic (exact) mass is 288 g/mol. The van der Waals surface area contributed by atoms with Crippen LogP contribution < -0.4 is 5.32 Å². The number of aromatic carboxylic acids is 1. The molecule has 1 fully saturated rings. The number of hydrogen-bond donors (Lipinski definition) is 2. The van der Waals surface area contributed by atoms with Crippen molar-refractivity contribution >= 4 is 39.1 Å². The molecule has 6 nitrogen and oxygen atoms in total. The van der Waals surface area contributed by atoms with E-state index < -0.39 is 16.8 Å². The number of nitrogens with zero attached hydrogens (tertiary/aromatic N) is 1. The van der Waals surface area contributed by atoms with Crippen LogP contribution in [0.5, 0.6) is 0 Å². The van der Waals surface area contributed by atoms with Crippen LogP contribution in [0.25, 0.3) is 0 Å². The summed E-state index contributed by atoms with van der Waals surface area (Å²) in [6, 6.07) is 1.12.